The second-order valence-electron chi connectivity index (χ2n) is 2.92. The molecule has 0 atom stereocenters. The Morgan fingerprint density at radius 3 is 2.73 bits per heavy atom. The Kier molecular flexibility index (Phi) is 3.08. The molecule has 3 N–H and O–H groups in total. The molecule has 0 fully saturated rings. The molecule has 1 aromatic carbocycles. The smallest absolute Gasteiger partial charge is 0.394 e. The van der Waals surface area contributed by atoms with Gasteiger partial charge in [-0.25, -0.2) is 0 Å². The maximum atomic E-state index is 12.5. The third-order valence-electron chi connectivity index (χ3n) is 1.53. The zero-order valence-corrected chi connectivity index (χ0v) is 7.95. The van der Waals surface area contributed by atoms with E-state index in [0.717, 1.165) is 0 Å². The summed E-state index contributed by atoms with van der Waals surface area (Å²) in [6, 6.07) is 5.59. The molecule has 82 valence electrons. The first-order valence-corrected chi connectivity index (χ1v) is 4.07. The lowest BCUT2D eigenvalue weighted by atomic mass is 10.2. The molecule has 0 saturated carbocycles. The molecule has 0 aliphatic heterocycles. The molecule has 0 bridgehead atoms. The average Bonchev–Trinajstić information content (AvgIpc) is 2.14. The van der Waals surface area contributed by atoms with Gasteiger partial charge in [0.25, 0.3) is 0 Å². The molecule has 0 spiro atoms. The minimum atomic E-state index is -3.26. The van der Waals surface area contributed by atoms with Gasteiger partial charge in [0.15, 0.2) is 5.84 Å². The quantitative estimate of drug-likeness (QED) is 0.350. The van der Waals surface area contributed by atoms with E-state index in [-0.39, 0.29) is 11.6 Å². The van der Waals surface area contributed by atoms with E-state index in [1.807, 2.05) is 0 Å². The molecule has 15 heavy (non-hydrogen) atoms. The van der Waals surface area contributed by atoms with Gasteiger partial charge in [0.05, 0.1) is 0 Å². The Morgan fingerprint density at radius 2 is 2.20 bits per heavy atom. The monoisotopic (exact) mass is 216 g/mol. The van der Waals surface area contributed by atoms with Crippen molar-refractivity contribution >= 4 is 5.84 Å². The van der Waals surface area contributed by atoms with E-state index in [1.54, 1.807) is 0 Å². The molecule has 0 aliphatic carbocycles. The molecule has 1 rings (SSSR count). The fourth-order valence-corrected chi connectivity index (χ4v) is 0.984. The van der Waals surface area contributed by atoms with E-state index >= 15 is 0 Å². The van der Waals surface area contributed by atoms with Gasteiger partial charge < -0.3 is 15.7 Å². The zero-order valence-electron chi connectivity index (χ0n) is 7.95. The van der Waals surface area contributed by atoms with Crippen LogP contribution in [0.4, 0.5) is 8.78 Å². The van der Waals surface area contributed by atoms with Crippen molar-refractivity contribution in [3.63, 3.8) is 0 Å². The van der Waals surface area contributed by atoms with Crippen molar-refractivity contribution in [3.05, 3.63) is 29.8 Å². The molecule has 6 heteroatoms. The SMILES string of the molecule is CC(F)(F)Oc1cccc(/C(N)=N/O)c1. The van der Waals surface area contributed by atoms with Crippen molar-refractivity contribution in [2.75, 3.05) is 0 Å². The van der Waals surface area contributed by atoms with Gasteiger partial charge in [0.2, 0.25) is 0 Å². The molecule has 0 saturated heterocycles. The fourth-order valence-electron chi connectivity index (χ4n) is 0.984. The first-order valence-electron chi connectivity index (χ1n) is 4.07. The van der Waals surface area contributed by atoms with Crippen LogP contribution in [0.2, 0.25) is 0 Å². The van der Waals surface area contributed by atoms with Crippen LogP contribution in [0.25, 0.3) is 0 Å². The van der Waals surface area contributed by atoms with Crippen LogP contribution in [-0.2, 0) is 0 Å². The summed E-state index contributed by atoms with van der Waals surface area (Å²) in [7, 11) is 0. The van der Waals surface area contributed by atoms with Crippen LogP contribution in [0.1, 0.15) is 12.5 Å². The van der Waals surface area contributed by atoms with Crippen LogP contribution < -0.4 is 10.5 Å². The van der Waals surface area contributed by atoms with Crippen molar-refractivity contribution in [3.8, 4) is 5.75 Å². The van der Waals surface area contributed by atoms with E-state index < -0.39 is 6.11 Å². The van der Waals surface area contributed by atoms with Crippen LogP contribution in [0.5, 0.6) is 5.75 Å². The molecule has 0 unspecified atom stereocenters. The largest absolute Gasteiger partial charge is 0.433 e. The lowest BCUT2D eigenvalue weighted by Gasteiger charge is -2.13. The summed E-state index contributed by atoms with van der Waals surface area (Å²) in [5.41, 5.74) is 5.59. The highest BCUT2D eigenvalue weighted by Crippen LogP contribution is 2.21. The first kappa shape index (κ1) is 11.2. The third kappa shape index (κ3) is 3.41. The molecule has 0 aliphatic rings. The van der Waals surface area contributed by atoms with Gasteiger partial charge in [-0.2, -0.15) is 8.78 Å². The number of halogens is 2. The molecular formula is C9H10F2N2O2. The minimum Gasteiger partial charge on any atom is -0.433 e. The topological polar surface area (TPSA) is 67.8 Å². The van der Waals surface area contributed by atoms with Crippen LogP contribution in [-0.4, -0.2) is 17.2 Å². The molecule has 0 heterocycles. The van der Waals surface area contributed by atoms with Crippen molar-refractivity contribution in [2.24, 2.45) is 10.9 Å². The van der Waals surface area contributed by atoms with Gasteiger partial charge in [-0.15, -0.1) is 0 Å². The summed E-state index contributed by atoms with van der Waals surface area (Å²) in [5, 5.41) is 11.1. The maximum absolute atomic E-state index is 12.5. The summed E-state index contributed by atoms with van der Waals surface area (Å²) >= 11 is 0. The van der Waals surface area contributed by atoms with Crippen molar-refractivity contribution < 1.29 is 18.7 Å². The summed E-state index contributed by atoms with van der Waals surface area (Å²) in [6.07, 6.45) is -3.26. The fraction of sp³-hybridized carbons (Fsp3) is 0.222. The van der Waals surface area contributed by atoms with Crippen LogP contribution >= 0.6 is 0 Å². The number of oxime groups is 1. The molecule has 0 aromatic heterocycles. The highest BCUT2D eigenvalue weighted by molar-refractivity contribution is 5.97. The average molecular weight is 216 g/mol. The van der Waals surface area contributed by atoms with E-state index in [9.17, 15) is 8.78 Å². The normalized spacial score (nSPS) is 12.6. The summed E-state index contributed by atoms with van der Waals surface area (Å²) in [6.45, 7) is 0.628. The van der Waals surface area contributed by atoms with Gasteiger partial charge in [-0.1, -0.05) is 17.3 Å². The zero-order chi connectivity index (χ0) is 11.5. The first-order chi connectivity index (χ1) is 6.92. The number of hydrogen-bond acceptors (Lipinski definition) is 3. The van der Waals surface area contributed by atoms with Crippen molar-refractivity contribution in [2.45, 2.75) is 13.0 Å². The Balaban J connectivity index is 2.93. The number of alkyl halides is 2. The number of nitrogens with zero attached hydrogens (tertiary/aromatic N) is 1. The van der Waals surface area contributed by atoms with E-state index in [0.29, 0.717) is 12.5 Å². The van der Waals surface area contributed by atoms with Gasteiger partial charge >= 0.3 is 6.11 Å². The Labute approximate surface area is 85.0 Å². The van der Waals surface area contributed by atoms with Crippen LogP contribution in [0.3, 0.4) is 0 Å². The predicted molar refractivity (Wildman–Crippen MR) is 50.2 cm³/mol. The highest BCUT2D eigenvalue weighted by Gasteiger charge is 2.23. The third-order valence-corrected chi connectivity index (χ3v) is 1.53. The summed E-state index contributed by atoms with van der Waals surface area (Å²) in [4.78, 5) is 0. The number of amidine groups is 1. The Bertz CT molecular complexity index is 375. The van der Waals surface area contributed by atoms with Gasteiger partial charge in [0, 0.05) is 12.5 Å². The standard InChI is InChI=1S/C9H10F2N2O2/c1-9(10,11)15-7-4-2-3-6(5-7)8(12)13-14/h2-5,14H,1H3,(H2,12,13). The van der Waals surface area contributed by atoms with Gasteiger partial charge in [-0.05, 0) is 12.1 Å². The maximum Gasteiger partial charge on any atom is 0.394 e. The van der Waals surface area contributed by atoms with E-state index in [4.69, 9.17) is 10.9 Å². The molecule has 4 nitrogen and oxygen atoms in total. The Hall–Kier alpha value is -1.85. The van der Waals surface area contributed by atoms with E-state index in [1.165, 1.54) is 24.3 Å². The number of rotatable bonds is 3. The number of benzene rings is 1. The lowest BCUT2D eigenvalue weighted by Crippen LogP contribution is -2.20. The summed E-state index contributed by atoms with van der Waals surface area (Å²) < 4.78 is 29.3. The minimum absolute atomic E-state index is 0.0494. The van der Waals surface area contributed by atoms with Crippen molar-refractivity contribution in [1.29, 1.82) is 0 Å². The number of ether oxygens (including phenoxy) is 1. The second-order valence-corrected chi connectivity index (χ2v) is 2.92. The molecule has 0 radical (unpaired) electrons. The molecular weight excluding hydrogens is 206 g/mol. The second kappa shape index (κ2) is 4.12. The molecule has 0 amide bonds. The predicted octanol–water partition coefficient (Wildman–Crippen LogP) is 1.77. The lowest BCUT2D eigenvalue weighted by molar-refractivity contribution is -0.158. The number of nitrogens with two attached hydrogens (primary N) is 1. The van der Waals surface area contributed by atoms with Gasteiger partial charge in [-0.3, -0.25) is 0 Å². The van der Waals surface area contributed by atoms with Crippen LogP contribution in [0.15, 0.2) is 29.4 Å². The Morgan fingerprint density at radius 1 is 1.53 bits per heavy atom. The highest BCUT2D eigenvalue weighted by atomic mass is 19.3. The van der Waals surface area contributed by atoms with Gasteiger partial charge in [0.1, 0.15) is 5.75 Å². The van der Waals surface area contributed by atoms with Crippen molar-refractivity contribution in [1.82, 2.24) is 0 Å². The van der Waals surface area contributed by atoms with Crippen LogP contribution in [0, 0.1) is 0 Å². The summed E-state index contributed by atoms with van der Waals surface area (Å²) in [5.74, 6) is -0.216. The number of hydrogen-bond donors (Lipinski definition) is 2. The van der Waals surface area contributed by atoms with E-state index in [2.05, 4.69) is 9.89 Å². The molecule has 1 aromatic rings.